The average molecular weight is 499 g/mol. The molecule has 6 nitrogen and oxygen atoms in total. The normalized spacial score (nSPS) is 15.1. The molecule has 182 valence electrons. The van der Waals surface area contributed by atoms with Gasteiger partial charge in [0.05, 0.1) is 24.0 Å². The Bertz CT molecular complexity index is 1390. The molecule has 0 aliphatic carbocycles. The maximum Gasteiger partial charge on any atom is 0.263 e. The number of hydrogen-bond donors (Lipinski definition) is 1. The second kappa shape index (κ2) is 10.3. The lowest BCUT2D eigenvalue weighted by Crippen LogP contribution is -2.51. The van der Waals surface area contributed by atoms with Gasteiger partial charge in [0.15, 0.2) is 6.10 Å². The van der Waals surface area contributed by atoms with Crippen LogP contribution in [0.1, 0.15) is 22.7 Å². The molecule has 1 heterocycles. The number of ether oxygens (including phenoxy) is 1. The number of anilines is 1. The smallest absolute Gasteiger partial charge is 0.263 e. The van der Waals surface area contributed by atoms with Crippen LogP contribution < -0.4 is 14.4 Å². The van der Waals surface area contributed by atoms with E-state index in [-0.39, 0.29) is 18.2 Å². The molecule has 1 amide bonds. The average Bonchev–Trinajstić information content (AvgIpc) is 2.92. The molecule has 0 bridgehead atoms. The van der Waals surface area contributed by atoms with Crippen molar-refractivity contribution in [2.45, 2.75) is 17.9 Å². The van der Waals surface area contributed by atoms with Crippen molar-refractivity contribution in [2.75, 3.05) is 10.8 Å². The number of fused-ring (bicyclic) bond motifs is 1. The summed E-state index contributed by atoms with van der Waals surface area (Å²) in [5.74, 6) is -0.202. The molecule has 0 radical (unpaired) electrons. The Morgan fingerprint density at radius 3 is 1.94 bits per heavy atom. The second-order valence-corrected chi connectivity index (χ2v) is 10.5. The summed E-state index contributed by atoms with van der Waals surface area (Å²) in [4.78, 5) is 13.5. The van der Waals surface area contributed by atoms with Gasteiger partial charge in [-0.05, 0) is 28.8 Å². The highest BCUT2D eigenvalue weighted by Gasteiger charge is 2.37. The van der Waals surface area contributed by atoms with E-state index in [1.807, 2.05) is 78.9 Å². The van der Waals surface area contributed by atoms with E-state index < -0.39 is 22.2 Å². The molecule has 4 aromatic carbocycles. The summed E-state index contributed by atoms with van der Waals surface area (Å²) in [5.41, 5.74) is 2.94. The molecule has 1 aliphatic rings. The molecule has 0 fully saturated rings. The van der Waals surface area contributed by atoms with E-state index in [0.29, 0.717) is 17.0 Å². The number of hydrogen-bond acceptors (Lipinski definition) is 4. The molecule has 7 heteroatoms. The van der Waals surface area contributed by atoms with Crippen LogP contribution in [0, 0.1) is 0 Å². The summed E-state index contributed by atoms with van der Waals surface area (Å²) < 4.78 is 34.3. The van der Waals surface area contributed by atoms with Crippen LogP contribution in [0.25, 0.3) is 0 Å². The second-order valence-electron chi connectivity index (χ2n) is 8.61. The highest BCUT2D eigenvalue weighted by Crippen LogP contribution is 2.36. The summed E-state index contributed by atoms with van der Waals surface area (Å²) >= 11 is 0. The fourth-order valence-corrected chi connectivity index (χ4v) is 5.93. The highest BCUT2D eigenvalue weighted by atomic mass is 32.2. The maximum atomic E-state index is 13.5. The molecule has 36 heavy (non-hydrogen) atoms. The monoisotopic (exact) mass is 498 g/mol. The molecule has 4 aromatic rings. The molecule has 1 N–H and O–H groups in total. The van der Waals surface area contributed by atoms with Crippen molar-refractivity contribution in [1.29, 1.82) is 0 Å². The first-order valence-electron chi connectivity index (χ1n) is 11.7. The van der Waals surface area contributed by atoms with Gasteiger partial charge < -0.3 is 10.1 Å². The van der Waals surface area contributed by atoms with Gasteiger partial charge in [-0.1, -0.05) is 103 Å². The zero-order chi connectivity index (χ0) is 25.0. The van der Waals surface area contributed by atoms with Crippen LogP contribution >= 0.6 is 0 Å². The number of para-hydroxylation sites is 2. The minimum absolute atomic E-state index is 0.117. The Balaban J connectivity index is 1.44. The molecule has 0 saturated carbocycles. The van der Waals surface area contributed by atoms with Crippen molar-refractivity contribution in [3.8, 4) is 5.75 Å². The number of benzene rings is 4. The number of carbonyl (C=O) groups is 1. The minimum atomic E-state index is -3.78. The molecule has 0 saturated heterocycles. The van der Waals surface area contributed by atoms with E-state index in [4.69, 9.17) is 4.74 Å². The standard InChI is InChI=1S/C29H26N2O4S/c32-29(30-28(23-14-6-2-7-15-23)24-16-8-3-9-17-24)27-20-31(25-18-10-11-19-26(25)35-27)36(33,34)21-22-12-4-1-5-13-22/h1-19,27-28H,20-21H2,(H,30,32). The van der Waals surface area contributed by atoms with Crippen LogP contribution in [-0.2, 0) is 20.6 Å². The highest BCUT2D eigenvalue weighted by molar-refractivity contribution is 7.92. The van der Waals surface area contributed by atoms with Gasteiger partial charge in [0, 0.05) is 0 Å². The first-order valence-corrected chi connectivity index (χ1v) is 13.3. The fraction of sp³-hybridized carbons (Fsp3) is 0.138. The Hall–Kier alpha value is -4.10. The molecule has 1 aliphatic heterocycles. The Morgan fingerprint density at radius 1 is 0.806 bits per heavy atom. The molecule has 1 atom stereocenters. The van der Waals surface area contributed by atoms with Crippen LogP contribution in [0.4, 0.5) is 5.69 Å². The van der Waals surface area contributed by atoms with Crippen LogP contribution in [0.15, 0.2) is 115 Å². The summed E-state index contributed by atoms with van der Waals surface area (Å²) in [7, 11) is -3.78. The van der Waals surface area contributed by atoms with Gasteiger partial charge in [0.1, 0.15) is 5.75 Å². The van der Waals surface area contributed by atoms with Crippen molar-refractivity contribution in [2.24, 2.45) is 0 Å². The van der Waals surface area contributed by atoms with Gasteiger partial charge in [0.25, 0.3) is 5.91 Å². The molecular formula is C29H26N2O4S. The van der Waals surface area contributed by atoms with Gasteiger partial charge >= 0.3 is 0 Å². The molecular weight excluding hydrogens is 472 g/mol. The maximum absolute atomic E-state index is 13.5. The Labute approximate surface area is 211 Å². The van der Waals surface area contributed by atoms with Crippen LogP contribution in [0.3, 0.4) is 0 Å². The van der Waals surface area contributed by atoms with E-state index >= 15 is 0 Å². The molecule has 0 spiro atoms. The summed E-state index contributed by atoms with van der Waals surface area (Å²) in [6.07, 6.45) is -1.01. The zero-order valence-corrected chi connectivity index (χ0v) is 20.3. The van der Waals surface area contributed by atoms with Crippen molar-refractivity contribution < 1.29 is 17.9 Å². The minimum Gasteiger partial charge on any atom is -0.476 e. The predicted octanol–water partition coefficient (Wildman–Crippen LogP) is 4.69. The summed E-state index contributed by atoms with van der Waals surface area (Å²) in [5, 5.41) is 3.09. The van der Waals surface area contributed by atoms with Crippen molar-refractivity contribution in [3.63, 3.8) is 0 Å². The van der Waals surface area contributed by atoms with Gasteiger partial charge in [0.2, 0.25) is 10.0 Å². The molecule has 5 rings (SSSR count). The number of nitrogens with one attached hydrogen (secondary N) is 1. The third kappa shape index (κ3) is 5.11. The van der Waals surface area contributed by atoms with Crippen LogP contribution in [0.5, 0.6) is 5.75 Å². The lowest BCUT2D eigenvalue weighted by Gasteiger charge is -2.35. The van der Waals surface area contributed by atoms with E-state index in [2.05, 4.69) is 5.32 Å². The number of carbonyl (C=O) groups excluding carboxylic acids is 1. The van der Waals surface area contributed by atoms with Gasteiger partial charge in [-0.2, -0.15) is 0 Å². The van der Waals surface area contributed by atoms with E-state index in [1.165, 1.54) is 4.31 Å². The van der Waals surface area contributed by atoms with Gasteiger partial charge in [-0.3, -0.25) is 9.10 Å². The molecule has 1 unspecified atom stereocenters. The predicted molar refractivity (Wildman–Crippen MR) is 140 cm³/mol. The lowest BCUT2D eigenvalue weighted by atomic mass is 9.98. The van der Waals surface area contributed by atoms with Crippen molar-refractivity contribution >= 4 is 21.6 Å². The van der Waals surface area contributed by atoms with Crippen molar-refractivity contribution in [3.05, 3.63) is 132 Å². The first-order chi connectivity index (χ1) is 17.5. The third-order valence-corrected chi connectivity index (χ3v) is 7.82. The first kappa shape index (κ1) is 23.6. The van der Waals surface area contributed by atoms with E-state index in [0.717, 1.165) is 11.1 Å². The Morgan fingerprint density at radius 2 is 1.33 bits per heavy atom. The summed E-state index contributed by atoms with van der Waals surface area (Å²) in [6.45, 7) is -0.117. The number of amides is 1. The Kier molecular flexibility index (Phi) is 6.73. The van der Waals surface area contributed by atoms with Crippen LogP contribution in [-0.4, -0.2) is 27.0 Å². The largest absolute Gasteiger partial charge is 0.476 e. The van der Waals surface area contributed by atoms with Gasteiger partial charge in [-0.25, -0.2) is 8.42 Å². The van der Waals surface area contributed by atoms with Gasteiger partial charge in [-0.15, -0.1) is 0 Å². The fourth-order valence-electron chi connectivity index (χ4n) is 4.35. The van der Waals surface area contributed by atoms with Crippen molar-refractivity contribution in [1.82, 2.24) is 5.32 Å². The molecule has 0 aromatic heterocycles. The third-order valence-electron chi connectivity index (χ3n) is 6.11. The zero-order valence-electron chi connectivity index (χ0n) is 19.5. The number of nitrogens with zero attached hydrogens (tertiary/aromatic N) is 1. The SMILES string of the molecule is O=C(NC(c1ccccc1)c1ccccc1)C1CN(S(=O)(=O)Cc2ccccc2)c2ccccc2O1. The number of rotatable bonds is 7. The van der Waals surface area contributed by atoms with Crippen LogP contribution in [0.2, 0.25) is 0 Å². The van der Waals surface area contributed by atoms with E-state index in [1.54, 1.807) is 36.4 Å². The summed E-state index contributed by atoms with van der Waals surface area (Å²) in [6, 6.07) is 34.8. The quantitative estimate of drug-likeness (QED) is 0.401. The lowest BCUT2D eigenvalue weighted by molar-refractivity contribution is -0.128. The number of sulfonamides is 1. The van der Waals surface area contributed by atoms with E-state index in [9.17, 15) is 13.2 Å². The topological polar surface area (TPSA) is 75.7 Å².